The van der Waals surface area contributed by atoms with Crippen molar-refractivity contribution < 1.29 is 35.5 Å². The van der Waals surface area contributed by atoms with Crippen LogP contribution < -0.4 is 5.32 Å². The van der Waals surface area contributed by atoms with Gasteiger partial charge in [-0.2, -0.15) is 13.2 Å². The molecule has 0 aliphatic heterocycles. The summed E-state index contributed by atoms with van der Waals surface area (Å²) in [5, 5.41) is 1.60. The molecule has 26 heavy (non-hydrogen) atoms. The lowest BCUT2D eigenvalue weighted by Gasteiger charge is -2.15. The molecule has 0 aliphatic rings. The summed E-state index contributed by atoms with van der Waals surface area (Å²) in [5.41, 5.74) is -3.82. The van der Waals surface area contributed by atoms with Crippen LogP contribution in [0.15, 0.2) is 18.2 Å². The maximum atomic E-state index is 13.8. The van der Waals surface area contributed by atoms with Crippen LogP contribution in [0.5, 0.6) is 0 Å². The molecule has 1 N–H and O–H groups in total. The van der Waals surface area contributed by atoms with Gasteiger partial charge in [-0.1, -0.05) is 6.07 Å². The SMILES string of the molecule is O=C(Cc1c(I)cccc1I)Nc1c(F)c(F)c(C(F)(F)F)c(F)c1F. The number of halogens is 9. The third-order valence-electron chi connectivity index (χ3n) is 3.21. The maximum absolute atomic E-state index is 13.8. The average Bonchev–Trinajstić information content (AvgIpc) is 2.52. The molecular formula is C15H6F7I2NO. The van der Waals surface area contributed by atoms with Crippen LogP contribution in [0, 0.1) is 30.4 Å². The molecule has 0 aliphatic carbocycles. The van der Waals surface area contributed by atoms with Gasteiger partial charge in [-0.3, -0.25) is 4.79 Å². The van der Waals surface area contributed by atoms with Gasteiger partial charge in [-0.25, -0.2) is 17.6 Å². The Balaban J connectivity index is 2.40. The van der Waals surface area contributed by atoms with E-state index in [9.17, 15) is 35.5 Å². The molecule has 2 aromatic rings. The van der Waals surface area contributed by atoms with E-state index in [0.29, 0.717) is 12.7 Å². The standard InChI is InChI=1S/C15H6F7I2NO/c16-10-9(15(20,21)22)11(17)13(19)14(12(10)18)25-8(26)4-5-6(23)2-1-3-7(5)24/h1-3H,4H2,(H,25,26). The number of hydrogen-bond donors (Lipinski definition) is 1. The van der Waals surface area contributed by atoms with Gasteiger partial charge in [0.25, 0.3) is 0 Å². The first kappa shape index (κ1) is 21.2. The van der Waals surface area contributed by atoms with E-state index in [1.54, 1.807) is 23.5 Å². The Kier molecular flexibility index (Phi) is 6.40. The average molecular weight is 603 g/mol. The van der Waals surface area contributed by atoms with E-state index in [4.69, 9.17) is 0 Å². The highest BCUT2D eigenvalue weighted by Gasteiger charge is 2.42. The molecule has 0 heterocycles. The normalized spacial score (nSPS) is 11.6. The van der Waals surface area contributed by atoms with Crippen molar-refractivity contribution in [2.24, 2.45) is 0 Å². The first-order valence-electron chi connectivity index (χ1n) is 6.61. The maximum Gasteiger partial charge on any atom is 0.422 e. The second-order valence-corrected chi connectivity index (χ2v) is 7.25. The van der Waals surface area contributed by atoms with E-state index in [0.717, 1.165) is 0 Å². The number of hydrogen-bond acceptors (Lipinski definition) is 1. The third-order valence-corrected chi connectivity index (χ3v) is 5.23. The Morgan fingerprint density at radius 3 is 1.81 bits per heavy atom. The molecule has 0 fully saturated rings. The number of benzene rings is 2. The predicted molar refractivity (Wildman–Crippen MR) is 95.5 cm³/mol. The summed E-state index contributed by atoms with van der Waals surface area (Å²) < 4.78 is 93.6. The van der Waals surface area contributed by atoms with Crippen LogP contribution in [0.2, 0.25) is 0 Å². The number of alkyl halides is 3. The molecule has 0 spiro atoms. The molecular weight excluding hydrogens is 597 g/mol. The van der Waals surface area contributed by atoms with Crippen molar-refractivity contribution in [3.63, 3.8) is 0 Å². The van der Waals surface area contributed by atoms with Crippen molar-refractivity contribution in [1.82, 2.24) is 0 Å². The van der Waals surface area contributed by atoms with E-state index < -0.39 is 53.0 Å². The van der Waals surface area contributed by atoms with Gasteiger partial charge >= 0.3 is 6.18 Å². The summed E-state index contributed by atoms with van der Waals surface area (Å²) >= 11 is 3.82. The predicted octanol–water partition coefficient (Wildman–Crippen LogP) is 5.65. The summed E-state index contributed by atoms with van der Waals surface area (Å²) in [6.07, 6.45) is -6.05. The second kappa shape index (κ2) is 7.86. The third kappa shape index (κ3) is 4.23. The molecule has 2 rings (SSSR count). The van der Waals surface area contributed by atoms with E-state index >= 15 is 0 Å². The van der Waals surface area contributed by atoms with Crippen molar-refractivity contribution >= 4 is 56.8 Å². The van der Waals surface area contributed by atoms with Crippen molar-refractivity contribution in [2.75, 3.05) is 5.32 Å². The van der Waals surface area contributed by atoms with Crippen molar-refractivity contribution in [3.05, 3.63) is 59.7 Å². The van der Waals surface area contributed by atoms with E-state index in [2.05, 4.69) is 0 Å². The zero-order valence-electron chi connectivity index (χ0n) is 12.2. The Morgan fingerprint density at radius 1 is 0.923 bits per heavy atom. The summed E-state index contributed by atoms with van der Waals surface area (Å²) in [4.78, 5) is 12.0. The second-order valence-electron chi connectivity index (χ2n) is 4.93. The van der Waals surface area contributed by atoms with Crippen LogP contribution in [-0.4, -0.2) is 5.91 Å². The van der Waals surface area contributed by atoms with Gasteiger partial charge in [0.1, 0.15) is 11.3 Å². The Hall–Kier alpha value is -1.12. The fourth-order valence-corrected chi connectivity index (χ4v) is 3.93. The van der Waals surface area contributed by atoms with Crippen LogP contribution >= 0.6 is 45.2 Å². The fourth-order valence-electron chi connectivity index (χ4n) is 2.04. The summed E-state index contributed by atoms with van der Waals surface area (Å²) in [5.74, 6) is -11.0. The van der Waals surface area contributed by atoms with Crippen molar-refractivity contribution in [2.45, 2.75) is 12.6 Å². The highest BCUT2D eigenvalue weighted by Crippen LogP contribution is 2.38. The minimum atomic E-state index is -5.64. The number of amides is 1. The molecule has 1 amide bonds. The monoisotopic (exact) mass is 603 g/mol. The molecule has 0 radical (unpaired) electrons. The molecule has 2 aromatic carbocycles. The molecule has 0 atom stereocenters. The zero-order chi connectivity index (χ0) is 19.8. The molecule has 11 heteroatoms. The van der Waals surface area contributed by atoms with Gasteiger partial charge in [0.15, 0.2) is 23.3 Å². The minimum absolute atomic E-state index is 0.402. The van der Waals surface area contributed by atoms with Crippen LogP contribution in [0.3, 0.4) is 0 Å². The van der Waals surface area contributed by atoms with Crippen LogP contribution in [0.4, 0.5) is 36.4 Å². The molecule has 140 valence electrons. The largest absolute Gasteiger partial charge is 0.422 e. The highest BCUT2D eigenvalue weighted by molar-refractivity contribution is 14.1. The molecule has 0 bridgehead atoms. The molecule has 2 nitrogen and oxygen atoms in total. The van der Waals surface area contributed by atoms with Gasteiger partial charge < -0.3 is 5.32 Å². The molecule has 0 unspecified atom stereocenters. The van der Waals surface area contributed by atoms with E-state index in [1.807, 2.05) is 45.2 Å². The lowest BCUT2D eigenvalue weighted by Crippen LogP contribution is -2.21. The van der Waals surface area contributed by atoms with Gasteiger partial charge in [0.05, 0.1) is 6.42 Å². The molecule has 0 saturated carbocycles. The number of rotatable bonds is 3. The van der Waals surface area contributed by atoms with Gasteiger partial charge in [0.2, 0.25) is 5.91 Å². The highest BCUT2D eigenvalue weighted by atomic mass is 127. The first-order valence-corrected chi connectivity index (χ1v) is 8.76. The van der Waals surface area contributed by atoms with Crippen LogP contribution in [0.25, 0.3) is 0 Å². The van der Waals surface area contributed by atoms with Gasteiger partial charge in [-0.05, 0) is 62.9 Å². The summed E-state index contributed by atoms with van der Waals surface area (Å²) in [6.45, 7) is 0. The number of nitrogens with one attached hydrogen (secondary N) is 1. The summed E-state index contributed by atoms with van der Waals surface area (Å²) in [6, 6.07) is 5.01. The Bertz CT molecular complexity index is 834. The molecule has 0 aromatic heterocycles. The number of anilines is 1. The van der Waals surface area contributed by atoms with Crippen LogP contribution in [0.1, 0.15) is 11.1 Å². The van der Waals surface area contributed by atoms with Gasteiger partial charge in [-0.15, -0.1) is 0 Å². The number of carbonyl (C=O) groups is 1. The summed E-state index contributed by atoms with van der Waals surface area (Å²) in [7, 11) is 0. The van der Waals surface area contributed by atoms with Gasteiger partial charge in [0, 0.05) is 7.14 Å². The van der Waals surface area contributed by atoms with Crippen LogP contribution in [-0.2, 0) is 17.4 Å². The zero-order valence-corrected chi connectivity index (χ0v) is 16.6. The van der Waals surface area contributed by atoms with Crippen molar-refractivity contribution in [3.8, 4) is 0 Å². The lowest BCUT2D eigenvalue weighted by atomic mass is 10.1. The topological polar surface area (TPSA) is 29.1 Å². The Morgan fingerprint density at radius 2 is 1.38 bits per heavy atom. The van der Waals surface area contributed by atoms with E-state index in [-0.39, 0.29) is 0 Å². The first-order chi connectivity index (χ1) is 11.9. The Labute approximate surface area is 169 Å². The van der Waals surface area contributed by atoms with E-state index in [1.165, 1.54) is 0 Å². The smallest absolute Gasteiger partial charge is 0.321 e. The lowest BCUT2D eigenvalue weighted by molar-refractivity contribution is -0.143. The number of carbonyl (C=O) groups excluding carboxylic acids is 1. The minimum Gasteiger partial charge on any atom is -0.321 e. The fraction of sp³-hybridized carbons (Fsp3) is 0.133. The molecule has 0 saturated heterocycles. The van der Waals surface area contributed by atoms with Crippen molar-refractivity contribution in [1.29, 1.82) is 0 Å². The quantitative estimate of drug-likeness (QED) is 0.275.